The summed E-state index contributed by atoms with van der Waals surface area (Å²) in [5.41, 5.74) is 7.25. The maximum Gasteiger partial charge on any atom is 0.189 e. The molecule has 0 aliphatic heterocycles. The van der Waals surface area contributed by atoms with Crippen molar-refractivity contribution >= 4 is 55.1 Å². The van der Waals surface area contributed by atoms with Crippen molar-refractivity contribution in [3.63, 3.8) is 0 Å². The Morgan fingerprint density at radius 3 is 2.42 bits per heavy atom. The zero-order chi connectivity index (χ0) is 20.8. The molecule has 0 fully saturated rings. The van der Waals surface area contributed by atoms with E-state index >= 15 is 0 Å². The molecule has 0 spiro atoms. The van der Waals surface area contributed by atoms with Crippen LogP contribution in [0.1, 0.15) is 23.1 Å². The molecule has 3 nitrogen and oxygen atoms in total. The van der Waals surface area contributed by atoms with Gasteiger partial charge in [0.2, 0.25) is 0 Å². The van der Waals surface area contributed by atoms with Gasteiger partial charge in [-0.25, -0.2) is 15.0 Å². The predicted octanol–water partition coefficient (Wildman–Crippen LogP) is 7.34. The van der Waals surface area contributed by atoms with Crippen molar-refractivity contribution in [2.45, 2.75) is 30.2 Å². The number of pyridine rings is 1. The number of nitrogens with zero attached hydrogens (tertiary/aromatic N) is 3. The van der Waals surface area contributed by atoms with E-state index in [-0.39, 0.29) is 0 Å². The maximum absolute atomic E-state index is 6.64. The van der Waals surface area contributed by atoms with Crippen molar-refractivity contribution in [1.82, 2.24) is 15.0 Å². The molecule has 0 unspecified atom stereocenters. The van der Waals surface area contributed by atoms with Gasteiger partial charge in [0.1, 0.15) is 4.83 Å². The van der Waals surface area contributed by atoms with Crippen LogP contribution in [0.4, 0.5) is 0 Å². The molecule has 3 heterocycles. The second-order valence-electron chi connectivity index (χ2n) is 7.67. The van der Waals surface area contributed by atoms with Crippen LogP contribution in [0.3, 0.4) is 0 Å². The van der Waals surface area contributed by atoms with Gasteiger partial charge in [-0.2, -0.15) is 0 Å². The maximum atomic E-state index is 6.64. The van der Waals surface area contributed by atoms with Gasteiger partial charge in [-0.15, -0.1) is 11.3 Å². The molecule has 1 aliphatic rings. The number of aromatic nitrogens is 3. The van der Waals surface area contributed by atoms with Crippen LogP contribution in [0.2, 0.25) is 5.15 Å². The van der Waals surface area contributed by atoms with Crippen LogP contribution in [-0.4, -0.2) is 15.0 Å². The molecule has 6 heteroatoms. The van der Waals surface area contributed by atoms with Crippen LogP contribution in [0.15, 0.2) is 65.8 Å². The molecule has 152 valence electrons. The van der Waals surface area contributed by atoms with Crippen LogP contribution in [-0.2, 0) is 18.6 Å². The Labute approximate surface area is 193 Å². The fraction of sp³-hybridized carbons (Fsp3) is 0.160. The van der Waals surface area contributed by atoms with Crippen molar-refractivity contribution in [2.24, 2.45) is 0 Å². The molecule has 5 aromatic rings. The lowest BCUT2D eigenvalue weighted by atomic mass is 10.0. The second-order valence-corrected chi connectivity index (χ2v) is 9.97. The van der Waals surface area contributed by atoms with E-state index in [9.17, 15) is 0 Å². The Morgan fingerprint density at radius 2 is 1.61 bits per heavy atom. The quantitative estimate of drug-likeness (QED) is 0.160. The topological polar surface area (TPSA) is 38.7 Å². The third kappa shape index (κ3) is 3.41. The average molecular weight is 460 g/mol. The molecular formula is C25H18ClN3S2. The lowest BCUT2D eigenvalue weighted by Crippen LogP contribution is -1.95. The summed E-state index contributed by atoms with van der Waals surface area (Å²) in [6.45, 7) is 0. The van der Waals surface area contributed by atoms with Crippen molar-refractivity contribution in [3.05, 3.63) is 82.5 Å². The summed E-state index contributed by atoms with van der Waals surface area (Å²) in [5.74, 6) is 0.819. The minimum absolute atomic E-state index is 0.525. The zero-order valence-corrected chi connectivity index (χ0v) is 19.0. The van der Waals surface area contributed by atoms with E-state index in [1.165, 1.54) is 27.6 Å². The molecule has 0 N–H and O–H groups in total. The summed E-state index contributed by atoms with van der Waals surface area (Å²) in [6, 6.07) is 20.9. The fourth-order valence-corrected chi connectivity index (χ4v) is 6.50. The van der Waals surface area contributed by atoms with Gasteiger partial charge in [0.15, 0.2) is 10.3 Å². The minimum Gasteiger partial charge on any atom is -0.236 e. The van der Waals surface area contributed by atoms with Gasteiger partial charge in [0, 0.05) is 16.7 Å². The number of benzene rings is 2. The lowest BCUT2D eigenvalue weighted by Gasteiger charge is -2.09. The first kappa shape index (κ1) is 19.2. The highest BCUT2D eigenvalue weighted by atomic mass is 35.5. The highest BCUT2D eigenvalue weighted by Crippen LogP contribution is 2.43. The van der Waals surface area contributed by atoms with Crippen LogP contribution in [0, 0.1) is 0 Å². The van der Waals surface area contributed by atoms with E-state index in [0.29, 0.717) is 5.15 Å². The summed E-state index contributed by atoms with van der Waals surface area (Å²) in [6.07, 6.45) is 3.28. The number of hydrogen-bond acceptors (Lipinski definition) is 5. The number of halogens is 1. The van der Waals surface area contributed by atoms with Crippen molar-refractivity contribution < 1.29 is 0 Å². The molecule has 0 atom stereocenters. The van der Waals surface area contributed by atoms with Crippen molar-refractivity contribution in [2.75, 3.05) is 0 Å². The number of fused-ring (bicyclic) bond motifs is 5. The molecule has 0 saturated heterocycles. The molecule has 0 amide bonds. The van der Waals surface area contributed by atoms with E-state index in [2.05, 4.69) is 53.5 Å². The Balaban J connectivity index is 1.50. The SMILES string of the molecule is Clc1nc(SCc2ccccc2)nc2c1sc1nc(-c3ccccc3)c3c(c12)CCC3. The number of aryl methyl sites for hydroxylation is 1. The monoisotopic (exact) mass is 459 g/mol. The summed E-state index contributed by atoms with van der Waals surface area (Å²) in [5, 5.41) is 2.43. The van der Waals surface area contributed by atoms with E-state index in [1.54, 1.807) is 23.1 Å². The van der Waals surface area contributed by atoms with Gasteiger partial charge >= 0.3 is 0 Å². The van der Waals surface area contributed by atoms with E-state index in [4.69, 9.17) is 21.6 Å². The number of thioether (sulfide) groups is 1. The molecule has 1 aliphatic carbocycles. The fourth-order valence-electron chi connectivity index (χ4n) is 4.33. The number of thiophene rings is 1. The largest absolute Gasteiger partial charge is 0.236 e. The Morgan fingerprint density at radius 1 is 0.871 bits per heavy atom. The number of hydrogen-bond donors (Lipinski definition) is 0. The second kappa shape index (κ2) is 7.90. The molecule has 6 rings (SSSR count). The third-order valence-corrected chi connectivity index (χ3v) is 8.11. The van der Waals surface area contributed by atoms with E-state index < -0.39 is 0 Å². The molecule has 0 radical (unpaired) electrons. The van der Waals surface area contributed by atoms with E-state index in [0.717, 1.165) is 50.9 Å². The molecule has 3 aromatic heterocycles. The normalized spacial score (nSPS) is 13.2. The smallest absolute Gasteiger partial charge is 0.189 e. The van der Waals surface area contributed by atoms with E-state index in [1.807, 2.05) is 12.1 Å². The lowest BCUT2D eigenvalue weighted by molar-refractivity contribution is 0.913. The highest BCUT2D eigenvalue weighted by Gasteiger charge is 2.25. The van der Waals surface area contributed by atoms with Crippen LogP contribution < -0.4 is 0 Å². The minimum atomic E-state index is 0.525. The Kier molecular flexibility index (Phi) is 4.90. The molecular weight excluding hydrogens is 442 g/mol. The van der Waals surface area contributed by atoms with Gasteiger partial charge in [-0.1, -0.05) is 84.0 Å². The first-order valence-electron chi connectivity index (χ1n) is 10.3. The summed E-state index contributed by atoms with van der Waals surface area (Å²) in [4.78, 5) is 15.7. The summed E-state index contributed by atoms with van der Waals surface area (Å²) < 4.78 is 0.938. The molecule has 0 bridgehead atoms. The van der Waals surface area contributed by atoms with Crippen LogP contribution in [0.5, 0.6) is 0 Å². The number of rotatable bonds is 4. The van der Waals surface area contributed by atoms with Gasteiger partial charge in [-0.3, -0.25) is 0 Å². The standard InChI is InChI=1S/C25H18ClN3S2/c26-23-22-21(28-25(29-23)30-14-15-8-3-1-4-9-15)19-17-12-7-13-18(17)20(27-24(19)31-22)16-10-5-2-6-11-16/h1-6,8-11H,7,12-14H2. The molecule has 2 aromatic carbocycles. The Hall–Kier alpha value is -2.47. The van der Waals surface area contributed by atoms with Crippen molar-refractivity contribution in [1.29, 1.82) is 0 Å². The predicted molar refractivity (Wildman–Crippen MR) is 131 cm³/mol. The zero-order valence-electron chi connectivity index (χ0n) is 16.6. The van der Waals surface area contributed by atoms with Crippen LogP contribution in [0.25, 0.3) is 31.7 Å². The molecule has 0 saturated carbocycles. The summed E-state index contributed by atoms with van der Waals surface area (Å²) in [7, 11) is 0. The van der Waals surface area contributed by atoms with Crippen LogP contribution >= 0.6 is 34.7 Å². The van der Waals surface area contributed by atoms with Gasteiger partial charge in [-0.05, 0) is 36.0 Å². The summed E-state index contributed by atoms with van der Waals surface area (Å²) >= 11 is 9.88. The first-order chi connectivity index (χ1) is 15.3. The first-order valence-corrected chi connectivity index (χ1v) is 12.5. The van der Waals surface area contributed by atoms with Gasteiger partial charge < -0.3 is 0 Å². The molecule has 31 heavy (non-hydrogen) atoms. The van der Waals surface area contributed by atoms with Gasteiger partial charge in [0.25, 0.3) is 0 Å². The van der Waals surface area contributed by atoms with Gasteiger partial charge in [0.05, 0.1) is 15.9 Å². The Bertz CT molecular complexity index is 1420. The highest BCUT2D eigenvalue weighted by molar-refractivity contribution is 7.98. The average Bonchev–Trinajstić information content (AvgIpc) is 3.43. The van der Waals surface area contributed by atoms with Crippen molar-refractivity contribution in [3.8, 4) is 11.3 Å². The third-order valence-electron chi connectivity index (χ3n) is 5.73.